The lowest BCUT2D eigenvalue weighted by Gasteiger charge is -2.47. The van der Waals surface area contributed by atoms with Crippen LogP contribution in [0, 0.1) is 5.92 Å². The van der Waals surface area contributed by atoms with Crippen LogP contribution in [0.4, 0.5) is 0 Å². The lowest BCUT2D eigenvalue weighted by molar-refractivity contribution is 0.00768. The number of rotatable bonds is 1. The molecule has 2 atom stereocenters. The van der Waals surface area contributed by atoms with E-state index >= 15 is 0 Å². The van der Waals surface area contributed by atoms with Crippen molar-refractivity contribution in [1.29, 1.82) is 0 Å². The van der Waals surface area contributed by atoms with Gasteiger partial charge in [0.1, 0.15) is 17.1 Å². The minimum Gasteiger partial charge on any atom is -0.507 e. The highest BCUT2D eigenvalue weighted by atomic mass is 16.5. The van der Waals surface area contributed by atoms with E-state index in [1.165, 1.54) is 5.57 Å². The Bertz CT molecular complexity index is 802. The van der Waals surface area contributed by atoms with Crippen molar-refractivity contribution in [3.63, 3.8) is 0 Å². The topological polar surface area (TPSA) is 29.5 Å². The summed E-state index contributed by atoms with van der Waals surface area (Å²) in [7, 11) is 0. The molecule has 124 valence electrons. The van der Waals surface area contributed by atoms with Gasteiger partial charge in [-0.2, -0.15) is 0 Å². The molecule has 1 N–H and O–H groups in total. The van der Waals surface area contributed by atoms with Crippen LogP contribution >= 0.6 is 0 Å². The minimum atomic E-state index is -0.226. The van der Waals surface area contributed by atoms with E-state index in [1.807, 2.05) is 24.3 Å². The van der Waals surface area contributed by atoms with Gasteiger partial charge in [0.25, 0.3) is 0 Å². The van der Waals surface area contributed by atoms with E-state index in [-0.39, 0.29) is 5.60 Å². The molecule has 2 heteroatoms. The van der Waals surface area contributed by atoms with Crippen LogP contribution in [0.1, 0.15) is 45.1 Å². The van der Waals surface area contributed by atoms with E-state index in [9.17, 15) is 5.11 Å². The normalized spacial score (nSPS) is 24.4. The van der Waals surface area contributed by atoms with E-state index < -0.39 is 0 Å². The molecule has 0 spiro atoms. The SMILES string of the molecule is CC1=CC[C@H]2C(C1)c1c(O)cc(-c3ccccc3)cc1OC2(C)C. The molecule has 2 aromatic rings. The standard InChI is InChI=1S/C22H24O2/c1-14-9-10-18-17(11-14)21-19(23)12-16(15-7-5-4-6-8-15)13-20(21)24-22(18,2)3/h4-9,12-13,17-18,23H,10-11H2,1-3H3/t17?,18-/m0/s1. The average molecular weight is 320 g/mol. The zero-order chi connectivity index (χ0) is 16.9. The molecule has 0 bridgehead atoms. The van der Waals surface area contributed by atoms with Gasteiger partial charge in [-0.25, -0.2) is 0 Å². The highest BCUT2D eigenvalue weighted by Gasteiger charge is 2.45. The molecular weight excluding hydrogens is 296 g/mol. The molecule has 0 fully saturated rings. The maximum absolute atomic E-state index is 10.8. The summed E-state index contributed by atoms with van der Waals surface area (Å²) in [6.07, 6.45) is 4.35. The minimum absolute atomic E-state index is 0.226. The number of aromatic hydroxyl groups is 1. The van der Waals surface area contributed by atoms with Crippen LogP contribution in [0.3, 0.4) is 0 Å². The van der Waals surface area contributed by atoms with Gasteiger partial charge in [0.2, 0.25) is 0 Å². The summed E-state index contributed by atoms with van der Waals surface area (Å²) in [5.41, 5.74) is 4.28. The Labute approximate surface area is 143 Å². The second kappa shape index (κ2) is 5.41. The molecule has 0 saturated heterocycles. The van der Waals surface area contributed by atoms with Crippen LogP contribution < -0.4 is 4.74 Å². The number of ether oxygens (including phenoxy) is 1. The van der Waals surface area contributed by atoms with Crippen molar-refractivity contribution in [2.24, 2.45) is 5.92 Å². The van der Waals surface area contributed by atoms with Crippen molar-refractivity contribution < 1.29 is 9.84 Å². The monoisotopic (exact) mass is 320 g/mol. The van der Waals surface area contributed by atoms with Crippen molar-refractivity contribution >= 4 is 0 Å². The van der Waals surface area contributed by atoms with Gasteiger partial charge in [-0.1, -0.05) is 42.0 Å². The Morgan fingerprint density at radius 1 is 1.08 bits per heavy atom. The highest BCUT2D eigenvalue weighted by molar-refractivity contribution is 5.70. The molecule has 0 saturated carbocycles. The van der Waals surface area contributed by atoms with Crippen LogP contribution in [-0.4, -0.2) is 10.7 Å². The summed E-state index contributed by atoms with van der Waals surface area (Å²) in [6.45, 7) is 6.54. The van der Waals surface area contributed by atoms with E-state index in [4.69, 9.17) is 4.74 Å². The Balaban J connectivity index is 1.86. The van der Waals surface area contributed by atoms with Gasteiger partial charge in [-0.05, 0) is 56.9 Å². The highest BCUT2D eigenvalue weighted by Crippen LogP contribution is 2.54. The Morgan fingerprint density at radius 2 is 1.83 bits per heavy atom. The number of phenols is 1. The average Bonchev–Trinajstić information content (AvgIpc) is 2.54. The maximum atomic E-state index is 10.8. The first-order valence-electron chi connectivity index (χ1n) is 8.72. The summed E-state index contributed by atoms with van der Waals surface area (Å²) in [4.78, 5) is 0. The van der Waals surface area contributed by atoms with E-state index in [0.29, 0.717) is 17.6 Å². The van der Waals surface area contributed by atoms with Crippen molar-refractivity contribution in [2.45, 2.75) is 45.1 Å². The molecular formula is C22H24O2. The number of hydrogen-bond acceptors (Lipinski definition) is 2. The molecule has 24 heavy (non-hydrogen) atoms. The van der Waals surface area contributed by atoms with Gasteiger partial charge in [-0.15, -0.1) is 0 Å². The largest absolute Gasteiger partial charge is 0.507 e. The number of phenolic OH excluding ortho intramolecular Hbond substituents is 1. The summed E-state index contributed by atoms with van der Waals surface area (Å²) in [5, 5.41) is 10.8. The molecule has 4 rings (SSSR count). The molecule has 0 aromatic heterocycles. The second-order valence-corrected chi connectivity index (χ2v) is 7.68. The smallest absolute Gasteiger partial charge is 0.127 e. The zero-order valence-corrected chi connectivity index (χ0v) is 14.5. The fourth-order valence-electron chi connectivity index (χ4n) is 4.36. The summed E-state index contributed by atoms with van der Waals surface area (Å²) >= 11 is 0. The molecule has 0 amide bonds. The molecule has 0 radical (unpaired) electrons. The van der Waals surface area contributed by atoms with Crippen molar-refractivity contribution in [3.05, 3.63) is 59.7 Å². The molecule has 1 aliphatic carbocycles. The third-order valence-electron chi connectivity index (χ3n) is 5.61. The second-order valence-electron chi connectivity index (χ2n) is 7.68. The van der Waals surface area contributed by atoms with E-state index in [0.717, 1.165) is 35.3 Å². The molecule has 1 unspecified atom stereocenters. The van der Waals surface area contributed by atoms with Crippen LogP contribution in [0.15, 0.2) is 54.1 Å². The number of allylic oxidation sites excluding steroid dienone is 2. The van der Waals surface area contributed by atoms with Gasteiger partial charge in [-0.3, -0.25) is 0 Å². The first-order chi connectivity index (χ1) is 11.5. The van der Waals surface area contributed by atoms with Gasteiger partial charge in [0, 0.05) is 17.4 Å². The molecule has 2 nitrogen and oxygen atoms in total. The Morgan fingerprint density at radius 3 is 2.58 bits per heavy atom. The van der Waals surface area contributed by atoms with Crippen LogP contribution in [0.25, 0.3) is 11.1 Å². The number of hydrogen-bond donors (Lipinski definition) is 1. The fourth-order valence-corrected chi connectivity index (χ4v) is 4.36. The number of benzene rings is 2. The van der Waals surface area contributed by atoms with Gasteiger partial charge in [0.15, 0.2) is 0 Å². The van der Waals surface area contributed by atoms with Crippen molar-refractivity contribution in [2.75, 3.05) is 0 Å². The van der Waals surface area contributed by atoms with Crippen molar-refractivity contribution in [1.82, 2.24) is 0 Å². The Kier molecular flexibility index (Phi) is 3.45. The van der Waals surface area contributed by atoms with Crippen LogP contribution in [-0.2, 0) is 0 Å². The first kappa shape index (κ1) is 15.3. The molecule has 2 aliphatic rings. The molecule has 2 aromatic carbocycles. The predicted molar refractivity (Wildman–Crippen MR) is 97.5 cm³/mol. The maximum Gasteiger partial charge on any atom is 0.127 e. The number of fused-ring (bicyclic) bond motifs is 3. The lowest BCUT2D eigenvalue weighted by atomic mass is 9.67. The van der Waals surface area contributed by atoms with Gasteiger partial charge < -0.3 is 9.84 Å². The molecule has 1 aliphatic heterocycles. The Hall–Kier alpha value is -2.22. The first-order valence-corrected chi connectivity index (χ1v) is 8.72. The van der Waals surface area contributed by atoms with Gasteiger partial charge >= 0.3 is 0 Å². The predicted octanol–water partition coefficient (Wildman–Crippen LogP) is 5.67. The third-order valence-corrected chi connectivity index (χ3v) is 5.61. The van der Waals surface area contributed by atoms with Crippen LogP contribution in [0.5, 0.6) is 11.5 Å². The summed E-state index contributed by atoms with van der Waals surface area (Å²) in [6, 6.07) is 14.1. The van der Waals surface area contributed by atoms with E-state index in [1.54, 1.807) is 0 Å². The van der Waals surface area contributed by atoms with E-state index in [2.05, 4.69) is 45.0 Å². The summed E-state index contributed by atoms with van der Waals surface area (Å²) in [5.74, 6) is 1.95. The lowest BCUT2D eigenvalue weighted by Crippen LogP contribution is -2.45. The van der Waals surface area contributed by atoms with Crippen molar-refractivity contribution in [3.8, 4) is 22.6 Å². The molecule has 1 heterocycles. The third kappa shape index (κ3) is 2.41. The summed E-state index contributed by atoms with van der Waals surface area (Å²) < 4.78 is 6.38. The quantitative estimate of drug-likeness (QED) is 0.686. The van der Waals surface area contributed by atoms with Crippen LogP contribution in [0.2, 0.25) is 0 Å². The fraction of sp³-hybridized carbons (Fsp3) is 0.364. The van der Waals surface area contributed by atoms with Gasteiger partial charge in [0.05, 0.1) is 0 Å². The zero-order valence-electron chi connectivity index (χ0n) is 14.5.